The van der Waals surface area contributed by atoms with Gasteiger partial charge in [0.25, 0.3) is 0 Å². The van der Waals surface area contributed by atoms with Gasteiger partial charge in [0.05, 0.1) is 12.7 Å². The Hall–Kier alpha value is -0.900. The van der Waals surface area contributed by atoms with E-state index in [1.165, 1.54) is 18.4 Å². The van der Waals surface area contributed by atoms with E-state index in [1.807, 2.05) is 6.07 Å². The predicted molar refractivity (Wildman–Crippen MR) is 77.2 cm³/mol. The van der Waals surface area contributed by atoms with Crippen LogP contribution in [0.15, 0.2) is 30.3 Å². The second-order valence-electron chi connectivity index (χ2n) is 5.63. The Morgan fingerprint density at radius 1 is 1.32 bits per heavy atom. The summed E-state index contributed by atoms with van der Waals surface area (Å²) >= 11 is 0. The molecule has 2 rings (SSSR count). The first kappa shape index (κ1) is 14.5. The van der Waals surface area contributed by atoms with Crippen LogP contribution in [-0.4, -0.2) is 37.0 Å². The minimum Gasteiger partial charge on any atom is -0.389 e. The predicted octanol–water partition coefficient (Wildman–Crippen LogP) is 1.99. The summed E-state index contributed by atoms with van der Waals surface area (Å²) in [5.41, 5.74) is 1.32. The fraction of sp³-hybridized carbons (Fsp3) is 0.625. The minimum atomic E-state index is -0.406. The number of benzene rings is 1. The van der Waals surface area contributed by atoms with Crippen molar-refractivity contribution in [1.29, 1.82) is 0 Å². The molecule has 2 N–H and O–H groups in total. The first-order valence-electron chi connectivity index (χ1n) is 7.27. The third-order valence-corrected chi connectivity index (χ3v) is 3.45. The van der Waals surface area contributed by atoms with Crippen LogP contribution in [0.5, 0.6) is 0 Å². The second-order valence-corrected chi connectivity index (χ2v) is 5.63. The van der Waals surface area contributed by atoms with Crippen LogP contribution in [0.4, 0.5) is 0 Å². The van der Waals surface area contributed by atoms with Crippen molar-refractivity contribution in [3.63, 3.8) is 0 Å². The molecule has 2 unspecified atom stereocenters. The summed E-state index contributed by atoms with van der Waals surface area (Å²) in [6, 6.07) is 10.8. The van der Waals surface area contributed by atoms with Gasteiger partial charge in [-0.25, -0.2) is 0 Å². The topological polar surface area (TPSA) is 41.5 Å². The van der Waals surface area contributed by atoms with E-state index in [-0.39, 0.29) is 0 Å². The molecule has 1 aromatic rings. The van der Waals surface area contributed by atoms with Crippen molar-refractivity contribution in [2.75, 3.05) is 19.8 Å². The highest BCUT2D eigenvalue weighted by molar-refractivity contribution is 5.15. The Balaban J connectivity index is 1.55. The fourth-order valence-corrected chi connectivity index (χ4v) is 2.09. The number of rotatable bonds is 9. The monoisotopic (exact) mass is 263 g/mol. The molecule has 0 aliphatic heterocycles. The van der Waals surface area contributed by atoms with Gasteiger partial charge in [-0.05, 0) is 37.7 Å². The summed E-state index contributed by atoms with van der Waals surface area (Å²) in [5.74, 6) is 0.761. The summed E-state index contributed by atoms with van der Waals surface area (Å²) in [4.78, 5) is 0. The average molecular weight is 263 g/mol. The first-order valence-corrected chi connectivity index (χ1v) is 7.27. The van der Waals surface area contributed by atoms with Crippen LogP contribution in [0.3, 0.4) is 0 Å². The highest BCUT2D eigenvalue weighted by atomic mass is 16.5. The number of hydrogen-bond donors (Lipinski definition) is 2. The molecule has 2 atom stereocenters. The number of ether oxygens (including phenoxy) is 1. The highest BCUT2D eigenvalue weighted by Gasteiger charge is 2.21. The molecule has 1 aromatic carbocycles. The van der Waals surface area contributed by atoms with E-state index in [0.717, 1.165) is 18.9 Å². The van der Waals surface area contributed by atoms with E-state index in [0.29, 0.717) is 19.2 Å². The summed E-state index contributed by atoms with van der Waals surface area (Å²) < 4.78 is 5.48. The molecule has 3 heteroatoms. The van der Waals surface area contributed by atoms with Crippen LogP contribution in [0.1, 0.15) is 25.3 Å². The normalized spacial score (nSPS) is 18.2. The molecule has 0 spiro atoms. The molecule has 106 valence electrons. The Morgan fingerprint density at radius 3 is 2.74 bits per heavy atom. The standard InChI is InChI=1S/C16H25NO2/c1-13(9-14-5-3-2-4-6-14)17-10-16(18)12-19-11-15-7-8-15/h2-6,13,15-18H,7-12H2,1H3. The molecular weight excluding hydrogens is 238 g/mol. The maximum absolute atomic E-state index is 9.81. The first-order chi connectivity index (χ1) is 9.24. The zero-order valence-electron chi connectivity index (χ0n) is 11.7. The van der Waals surface area contributed by atoms with Gasteiger partial charge in [0.2, 0.25) is 0 Å². The van der Waals surface area contributed by atoms with E-state index in [9.17, 15) is 5.11 Å². The van der Waals surface area contributed by atoms with Crippen LogP contribution in [-0.2, 0) is 11.2 Å². The molecule has 0 aromatic heterocycles. The van der Waals surface area contributed by atoms with E-state index < -0.39 is 6.10 Å². The zero-order valence-corrected chi connectivity index (χ0v) is 11.7. The van der Waals surface area contributed by atoms with Crippen molar-refractivity contribution in [3.8, 4) is 0 Å². The highest BCUT2D eigenvalue weighted by Crippen LogP contribution is 2.28. The van der Waals surface area contributed by atoms with Gasteiger partial charge < -0.3 is 15.2 Å². The van der Waals surface area contributed by atoms with Gasteiger partial charge in [-0.3, -0.25) is 0 Å². The number of aliphatic hydroxyl groups is 1. The van der Waals surface area contributed by atoms with E-state index in [1.54, 1.807) is 0 Å². The maximum Gasteiger partial charge on any atom is 0.0897 e. The lowest BCUT2D eigenvalue weighted by molar-refractivity contribution is 0.0315. The lowest BCUT2D eigenvalue weighted by atomic mass is 10.1. The lowest BCUT2D eigenvalue weighted by Crippen LogP contribution is -2.37. The molecule has 1 aliphatic rings. The van der Waals surface area contributed by atoms with Gasteiger partial charge in [-0.15, -0.1) is 0 Å². The summed E-state index contributed by atoms with van der Waals surface area (Å²) in [5, 5.41) is 13.2. The largest absolute Gasteiger partial charge is 0.389 e. The van der Waals surface area contributed by atoms with Crippen LogP contribution < -0.4 is 5.32 Å². The Bertz CT molecular complexity index is 351. The second kappa shape index (κ2) is 7.63. The van der Waals surface area contributed by atoms with E-state index >= 15 is 0 Å². The molecule has 1 aliphatic carbocycles. The quantitative estimate of drug-likeness (QED) is 0.716. The molecular formula is C16H25NO2. The van der Waals surface area contributed by atoms with Gasteiger partial charge in [0.15, 0.2) is 0 Å². The van der Waals surface area contributed by atoms with Crippen LogP contribution in [0, 0.1) is 5.92 Å². The van der Waals surface area contributed by atoms with Crippen molar-refractivity contribution in [2.45, 2.75) is 38.3 Å². The van der Waals surface area contributed by atoms with Gasteiger partial charge in [-0.1, -0.05) is 30.3 Å². The van der Waals surface area contributed by atoms with E-state index in [4.69, 9.17) is 4.74 Å². The molecule has 0 saturated heterocycles. The Kier molecular flexibility index (Phi) is 5.83. The molecule has 0 radical (unpaired) electrons. The van der Waals surface area contributed by atoms with Gasteiger partial charge >= 0.3 is 0 Å². The van der Waals surface area contributed by atoms with Gasteiger partial charge in [0.1, 0.15) is 0 Å². The van der Waals surface area contributed by atoms with E-state index in [2.05, 4.69) is 36.5 Å². The third kappa shape index (κ3) is 6.19. The Labute approximate surface area is 116 Å². The molecule has 0 heterocycles. The molecule has 19 heavy (non-hydrogen) atoms. The smallest absolute Gasteiger partial charge is 0.0897 e. The number of aliphatic hydroxyl groups excluding tert-OH is 1. The fourth-order valence-electron chi connectivity index (χ4n) is 2.09. The Morgan fingerprint density at radius 2 is 2.05 bits per heavy atom. The maximum atomic E-state index is 9.81. The van der Waals surface area contributed by atoms with Crippen LogP contribution >= 0.6 is 0 Å². The molecule has 0 amide bonds. The lowest BCUT2D eigenvalue weighted by Gasteiger charge is -2.17. The summed E-state index contributed by atoms with van der Waals surface area (Å²) in [6.07, 6.45) is 3.17. The van der Waals surface area contributed by atoms with Gasteiger partial charge in [-0.2, -0.15) is 0 Å². The van der Waals surface area contributed by atoms with Crippen molar-refractivity contribution < 1.29 is 9.84 Å². The third-order valence-electron chi connectivity index (χ3n) is 3.45. The van der Waals surface area contributed by atoms with Crippen molar-refractivity contribution in [3.05, 3.63) is 35.9 Å². The van der Waals surface area contributed by atoms with Gasteiger partial charge in [0, 0.05) is 19.2 Å². The van der Waals surface area contributed by atoms with Crippen molar-refractivity contribution in [2.24, 2.45) is 5.92 Å². The molecule has 1 saturated carbocycles. The molecule has 1 fully saturated rings. The minimum absolute atomic E-state index is 0.362. The SMILES string of the molecule is CC(Cc1ccccc1)NCC(O)COCC1CC1. The number of nitrogens with one attached hydrogen (secondary N) is 1. The van der Waals surface area contributed by atoms with Crippen molar-refractivity contribution in [1.82, 2.24) is 5.32 Å². The summed E-state index contributed by atoms with van der Waals surface area (Å²) in [7, 11) is 0. The van der Waals surface area contributed by atoms with Crippen LogP contribution in [0.2, 0.25) is 0 Å². The van der Waals surface area contributed by atoms with Crippen LogP contribution in [0.25, 0.3) is 0 Å². The average Bonchev–Trinajstić information content (AvgIpc) is 3.22. The summed E-state index contributed by atoms with van der Waals surface area (Å²) in [6.45, 7) is 4.00. The number of hydrogen-bond acceptors (Lipinski definition) is 3. The van der Waals surface area contributed by atoms with Crippen molar-refractivity contribution >= 4 is 0 Å². The molecule has 0 bridgehead atoms. The molecule has 3 nitrogen and oxygen atoms in total. The zero-order chi connectivity index (χ0) is 13.5.